The van der Waals surface area contributed by atoms with Gasteiger partial charge in [-0.15, -0.1) is 0 Å². The number of hydrogen-bond acceptors (Lipinski definition) is 6. The maximum absolute atomic E-state index is 10.2. The third-order valence-electron chi connectivity index (χ3n) is 8.67. The molecule has 7 aromatic rings. The zero-order valence-corrected chi connectivity index (χ0v) is 25.1. The summed E-state index contributed by atoms with van der Waals surface area (Å²) in [5.74, 6) is 0. The highest BCUT2D eigenvalue weighted by molar-refractivity contribution is 6.13. The van der Waals surface area contributed by atoms with Gasteiger partial charge in [-0.2, -0.15) is 31.6 Å². The van der Waals surface area contributed by atoms with E-state index in [1.807, 2.05) is 84.9 Å². The first kappa shape index (κ1) is 29.0. The highest BCUT2D eigenvalue weighted by Crippen LogP contribution is 2.37. The number of nitrogens with zero attached hydrogens (tertiary/aromatic N) is 6. The largest absolute Gasteiger partial charge is 0.192 e. The monoisotopic (exact) mass is 606 g/mol. The van der Waals surface area contributed by atoms with Crippen LogP contribution in [-0.4, -0.2) is 0 Å². The first-order valence-corrected chi connectivity index (χ1v) is 14.8. The Hall–Kier alpha value is -7.74. The second-order valence-electron chi connectivity index (χ2n) is 11.2. The maximum atomic E-state index is 10.2. The van der Waals surface area contributed by atoms with Gasteiger partial charge < -0.3 is 0 Å². The van der Waals surface area contributed by atoms with E-state index in [2.05, 4.69) is 36.4 Å². The molecule has 7 rings (SSSR count). The van der Waals surface area contributed by atoms with Crippen LogP contribution in [0, 0.1) is 68.0 Å². The van der Waals surface area contributed by atoms with Crippen LogP contribution >= 0.6 is 0 Å². The van der Waals surface area contributed by atoms with Crippen molar-refractivity contribution in [3.63, 3.8) is 0 Å². The third-order valence-corrected chi connectivity index (χ3v) is 8.67. The number of nitriles is 6. The van der Waals surface area contributed by atoms with Crippen molar-refractivity contribution in [3.05, 3.63) is 131 Å². The quantitative estimate of drug-likeness (QED) is 0.184. The van der Waals surface area contributed by atoms with Crippen molar-refractivity contribution in [2.45, 2.75) is 0 Å². The lowest BCUT2D eigenvalue weighted by Crippen LogP contribution is -2.18. The predicted molar refractivity (Wildman–Crippen MR) is 185 cm³/mol. The molecule has 0 radical (unpaired) electrons. The van der Waals surface area contributed by atoms with E-state index in [1.165, 1.54) is 0 Å². The van der Waals surface area contributed by atoms with E-state index in [-0.39, 0.29) is 11.1 Å². The summed E-state index contributed by atoms with van der Waals surface area (Å²) in [5.41, 5.74) is 4.37. The van der Waals surface area contributed by atoms with Gasteiger partial charge in [0.05, 0.1) is 23.3 Å². The van der Waals surface area contributed by atoms with Gasteiger partial charge in [-0.1, -0.05) is 48.5 Å². The summed E-state index contributed by atoms with van der Waals surface area (Å²) in [7, 11) is 0. The lowest BCUT2D eigenvalue weighted by atomic mass is 9.87. The predicted octanol–water partition coefficient (Wildman–Crippen LogP) is 7.77. The van der Waals surface area contributed by atoms with Gasteiger partial charge in [0.1, 0.15) is 35.4 Å². The van der Waals surface area contributed by atoms with Gasteiger partial charge in [0.15, 0.2) is 0 Å². The summed E-state index contributed by atoms with van der Waals surface area (Å²) >= 11 is 0. The molecule has 0 spiro atoms. The standard InChI is InChI=1S/C42H18N6/c43-19-25-5-9-27(10-6-25)35-15-31-17-39-40(18-32(31)16-36(35)28-11-7-26(20-44)8-12-28)42(34(23-47)24-48)38-14-30-4-2-1-3-29(30)13-37(38)41(39)33(21-45)22-46/h1-18H. The van der Waals surface area contributed by atoms with Crippen LogP contribution in [0.1, 0.15) is 11.1 Å². The van der Waals surface area contributed by atoms with Crippen molar-refractivity contribution >= 4 is 54.2 Å². The third kappa shape index (κ3) is 4.62. The number of benzene rings is 7. The molecule has 0 aromatic heterocycles. The zero-order valence-electron chi connectivity index (χ0n) is 25.1. The Morgan fingerprint density at radius 2 is 0.708 bits per heavy atom. The maximum Gasteiger partial charge on any atom is 0.138 e. The van der Waals surface area contributed by atoms with Crippen LogP contribution in [0.4, 0.5) is 0 Å². The molecule has 0 saturated carbocycles. The molecule has 0 aliphatic carbocycles. The number of hydrogen-bond donors (Lipinski definition) is 0. The van der Waals surface area contributed by atoms with Gasteiger partial charge >= 0.3 is 0 Å². The van der Waals surface area contributed by atoms with Crippen LogP contribution < -0.4 is 10.4 Å². The Balaban J connectivity index is 1.73. The molecule has 0 amide bonds. The first-order chi connectivity index (χ1) is 23.5. The fraction of sp³-hybridized carbons (Fsp3) is 0. The molecular formula is C42H18N6. The average Bonchev–Trinajstić information content (AvgIpc) is 3.14. The molecule has 0 heterocycles. The Labute approximate surface area is 274 Å². The summed E-state index contributed by atoms with van der Waals surface area (Å²) in [6.07, 6.45) is 0. The van der Waals surface area contributed by atoms with Crippen LogP contribution in [0.3, 0.4) is 0 Å². The lowest BCUT2D eigenvalue weighted by molar-refractivity contribution is 1.48. The van der Waals surface area contributed by atoms with E-state index in [9.17, 15) is 31.6 Å². The summed E-state index contributed by atoms with van der Waals surface area (Å²) in [5, 5.41) is 66.1. The fourth-order valence-corrected chi connectivity index (χ4v) is 6.45. The summed E-state index contributed by atoms with van der Waals surface area (Å²) < 4.78 is 0. The fourth-order valence-electron chi connectivity index (χ4n) is 6.45. The number of rotatable bonds is 2. The molecule has 0 aliphatic heterocycles. The minimum absolute atomic E-state index is 0.0804. The van der Waals surface area contributed by atoms with Crippen molar-refractivity contribution in [1.82, 2.24) is 0 Å². The molecule has 7 aromatic carbocycles. The second kappa shape index (κ2) is 11.6. The van der Waals surface area contributed by atoms with Crippen LogP contribution in [0.2, 0.25) is 0 Å². The van der Waals surface area contributed by atoms with E-state index >= 15 is 0 Å². The van der Waals surface area contributed by atoms with Crippen LogP contribution in [0.15, 0.2) is 109 Å². The van der Waals surface area contributed by atoms with Crippen molar-refractivity contribution in [3.8, 4) is 58.7 Å². The van der Waals surface area contributed by atoms with Gasteiger partial charge in [0, 0.05) is 10.4 Å². The number of fused-ring (bicyclic) bond motifs is 4. The average molecular weight is 607 g/mol. The molecule has 216 valence electrons. The summed E-state index contributed by atoms with van der Waals surface area (Å²) in [4.78, 5) is 0. The molecule has 48 heavy (non-hydrogen) atoms. The van der Waals surface area contributed by atoms with E-state index < -0.39 is 0 Å². The van der Waals surface area contributed by atoms with Crippen LogP contribution in [0.5, 0.6) is 0 Å². The highest BCUT2D eigenvalue weighted by Gasteiger charge is 2.17. The minimum atomic E-state index is -0.0804. The van der Waals surface area contributed by atoms with Gasteiger partial charge in [-0.3, -0.25) is 0 Å². The zero-order chi connectivity index (χ0) is 33.4. The molecule has 6 nitrogen and oxygen atoms in total. The van der Waals surface area contributed by atoms with Crippen LogP contribution in [0.25, 0.3) is 76.5 Å². The van der Waals surface area contributed by atoms with Crippen molar-refractivity contribution < 1.29 is 0 Å². The van der Waals surface area contributed by atoms with E-state index in [0.29, 0.717) is 43.1 Å². The molecule has 0 aliphatic rings. The normalized spacial score (nSPS) is 10.4. The topological polar surface area (TPSA) is 143 Å². The van der Waals surface area contributed by atoms with Gasteiger partial charge in [0.2, 0.25) is 0 Å². The highest BCUT2D eigenvalue weighted by atomic mass is 14.3. The molecule has 0 unspecified atom stereocenters. The van der Waals surface area contributed by atoms with E-state index in [4.69, 9.17) is 0 Å². The lowest BCUT2D eigenvalue weighted by Gasteiger charge is -2.15. The molecule has 0 atom stereocenters. The smallest absolute Gasteiger partial charge is 0.138 e. The summed E-state index contributed by atoms with van der Waals surface area (Å²) in [6.45, 7) is 0. The van der Waals surface area contributed by atoms with E-state index in [0.717, 1.165) is 43.8 Å². The Morgan fingerprint density at radius 1 is 0.375 bits per heavy atom. The Bertz CT molecular complexity index is 2700. The molecular weight excluding hydrogens is 589 g/mol. The molecule has 0 N–H and O–H groups in total. The minimum Gasteiger partial charge on any atom is -0.192 e. The van der Waals surface area contributed by atoms with Gasteiger partial charge in [0.25, 0.3) is 0 Å². The molecule has 6 heteroatoms. The van der Waals surface area contributed by atoms with Gasteiger partial charge in [-0.25, -0.2) is 0 Å². The van der Waals surface area contributed by atoms with Gasteiger partial charge in [-0.05, 0) is 126 Å². The van der Waals surface area contributed by atoms with Crippen molar-refractivity contribution in [2.24, 2.45) is 0 Å². The summed E-state index contributed by atoms with van der Waals surface area (Å²) in [6, 6.07) is 46.6. The molecule has 0 saturated heterocycles. The van der Waals surface area contributed by atoms with E-state index in [1.54, 1.807) is 24.3 Å². The molecule has 0 fully saturated rings. The Kier molecular flexibility index (Phi) is 7.03. The SMILES string of the molecule is N#CC(C#N)=c1c2cc3ccccc3cc2c(=C(C#N)C#N)c2cc3cc(-c4ccc(C#N)cc4)c(-c4ccc(C#N)cc4)cc3cc12. The van der Waals surface area contributed by atoms with Crippen molar-refractivity contribution in [2.75, 3.05) is 0 Å². The first-order valence-electron chi connectivity index (χ1n) is 14.8. The van der Waals surface area contributed by atoms with Crippen LogP contribution in [-0.2, 0) is 0 Å². The Morgan fingerprint density at radius 3 is 1.02 bits per heavy atom. The molecule has 0 bridgehead atoms. The van der Waals surface area contributed by atoms with Crippen molar-refractivity contribution in [1.29, 1.82) is 31.6 Å². The second-order valence-corrected chi connectivity index (χ2v) is 11.2.